The molecule has 1 atom stereocenters. The number of hydrogen-bond donors (Lipinski definition) is 1. The smallest absolute Gasteiger partial charge is 0.322 e. The summed E-state index contributed by atoms with van der Waals surface area (Å²) in [7, 11) is 0. The third-order valence-electron chi connectivity index (χ3n) is 4.27. The van der Waals surface area contributed by atoms with Gasteiger partial charge in [0, 0.05) is 25.1 Å². The zero-order chi connectivity index (χ0) is 17.2. The molecule has 1 aliphatic carbocycles. The van der Waals surface area contributed by atoms with Gasteiger partial charge in [0.2, 0.25) is 0 Å². The highest BCUT2D eigenvalue weighted by molar-refractivity contribution is 5.91. The Morgan fingerprint density at radius 3 is 2.67 bits per heavy atom. The molecule has 0 bridgehead atoms. The predicted molar refractivity (Wildman–Crippen MR) is 94.5 cm³/mol. The quantitative estimate of drug-likeness (QED) is 0.890. The van der Waals surface area contributed by atoms with Gasteiger partial charge in [0.1, 0.15) is 11.4 Å². The lowest BCUT2D eigenvalue weighted by Gasteiger charge is -2.27. The van der Waals surface area contributed by atoms with Crippen molar-refractivity contribution in [2.45, 2.75) is 51.7 Å². The third-order valence-corrected chi connectivity index (χ3v) is 4.27. The third kappa shape index (κ3) is 4.63. The maximum atomic E-state index is 12.8. The van der Waals surface area contributed by atoms with Crippen molar-refractivity contribution in [3.05, 3.63) is 24.3 Å². The highest BCUT2D eigenvalue weighted by atomic mass is 16.5. The molecule has 24 heavy (non-hydrogen) atoms. The predicted octanol–water partition coefficient (Wildman–Crippen LogP) is 3.90. The van der Waals surface area contributed by atoms with Gasteiger partial charge in [-0.25, -0.2) is 4.79 Å². The van der Waals surface area contributed by atoms with Crippen LogP contribution in [0.15, 0.2) is 24.3 Å². The molecule has 2 aliphatic rings. The highest BCUT2D eigenvalue weighted by Crippen LogP contribution is 2.32. The number of amides is 2. The fraction of sp³-hybridized carbons (Fsp3) is 0.632. The van der Waals surface area contributed by atoms with Gasteiger partial charge in [-0.3, -0.25) is 0 Å². The van der Waals surface area contributed by atoms with E-state index in [4.69, 9.17) is 9.47 Å². The average molecular weight is 332 g/mol. The van der Waals surface area contributed by atoms with Crippen molar-refractivity contribution in [1.82, 2.24) is 4.90 Å². The van der Waals surface area contributed by atoms with Crippen molar-refractivity contribution >= 4 is 11.7 Å². The van der Waals surface area contributed by atoms with Crippen LogP contribution in [0.25, 0.3) is 0 Å². The van der Waals surface area contributed by atoms with E-state index in [1.807, 2.05) is 49.9 Å². The lowest BCUT2D eigenvalue weighted by Crippen LogP contribution is -2.40. The first-order valence-electron chi connectivity index (χ1n) is 8.86. The molecule has 0 aromatic heterocycles. The molecule has 2 amide bonds. The fourth-order valence-corrected chi connectivity index (χ4v) is 2.97. The minimum atomic E-state index is -0.307. The molecular weight excluding hydrogens is 304 g/mol. The largest absolute Gasteiger partial charge is 0.486 e. The zero-order valence-corrected chi connectivity index (χ0v) is 14.9. The summed E-state index contributed by atoms with van der Waals surface area (Å²) in [5.41, 5.74) is 0.420. The fourth-order valence-electron chi connectivity index (χ4n) is 2.97. The lowest BCUT2D eigenvalue weighted by molar-refractivity contribution is 0.131. The number of ether oxygens (including phenoxy) is 2. The van der Waals surface area contributed by atoms with Crippen LogP contribution in [-0.4, -0.2) is 42.3 Å². The Balaban J connectivity index is 1.68. The van der Waals surface area contributed by atoms with Gasteiger partial charge in [-0.2, -0.15) is 0 Å². The number of carbonyl (C=O) groups excluding carboxylic acids is 1. The summed E-state index contributed by atoms with van der Waals surface area (Å²) in [6, 6.07) is 7.97. The number of nitrogens with one attached hydrogen (secondary N) is 1. The van der Waals surface area contributed by atoms with Gasteiger partial charge in [0.05, 0.1) is 12.3 Å². The molecule has 0 radical (unpaired) electrons. The number of nitrogens with zero attached hydrogens (tertiary/aromatic N) is 1. The summed E-state index contributed by atoms with van der Waals surface area (Å²) in [6.07, 6.45) is 3.24. The second kappa shape index (κ2) is 7.01. The van der Waals surface area contributed by atoms with Crippen LogP contribution < -0.4 is 10.1 Å². The molecule has 0 spiro atoms. The van der Waals surface area contributed by atoms with Crippen molar-refractivity contribution < 1.29 is 14.3 Å². The van der Waals surface area contributed by atoms with Crippen LogP contribution in [0.2, 0.25) is 0 Å². The Kier molecular flexibility index (Phi) is 4.99. The number of urea groups is 1. The minimum absolute atomic E-state index is 0.0330. The lowest BCUT2D eigenvalue weighted by atomic mass is 10.1. The highest BCUT2D eigenvalue weighted by Gasteiger charge is 2.35. The van der Waals surface area contributed by atoms with Crippen LogP contribution in [0.4, 0.5) is 10.5 Å². The molecule has 1 aromatic rings. The normalized spacial score (nSPS) is 20.7. The Morgan fingerprint density at radius 1 is 1.29 bits per heavy atom. The van der Waals surface area contributed by atoms with Crippen molar-refractivity contribution in [3.8, 4) is 5.75 Å². The first-order valence-corrected chi connectivity index (χ1v) is 8.86. The van der Waals surface area contributed by atoms with E-state index in [1.54, 1.807) is 0 Å². The zero-order valence-electron chi connectivity index (χ0n) is 14.9. The number of carbonyl (C=O) groups is 1. The first-order chi connectivity index (χ1) is 11.4. The second-order valence-electron chi connectivity index (χ2n) is 7.75. The Bertz CT molecular complexity index is 572. The van der Waals surface area contributed by atoms with E-state index < -0.39 is 0 Å². The summed E-state index contributed by atoms with van der Waals surface area (Å²) >= 11 is 0. The molecule has 1 heterocycles. The molecule has 1 N–H and O–H groups in total. The summed E-state index contributed by atoms with van der Waals surface area (Å²) in [5.74, 6) is 1.16. The summed E-state index contributed by atoms with van der Waals surface area (Å²) < 4.78 is 11.4. The summed E-state index contributed by atoms with van der Waals surface area (Å²) in [6.45, 7) is 8.36. The molecule has 1 unspecified atom stereocenters. The van der Waals surface area contributed by atoms with Crippen LogP contribution in [-0.2, 0) is 4.74 Å². The van der Waals surface area contributed by atoms with Crippen LogP contribution in [0.3, 0.4) is 0 Å². The molecule has 1 aliphatic heterocycles. The molecule has 5 nitrogen and oxygen atoms in total. The number of benzene rings is 1. The van der Waals surface area contributed by atoms with Crippen LogP contribution >= 0.6 is 0 Å². The van der Waals surface area contributed by atoms with E-state index in [0.717, 1.165) is 44.7 Å². The van der Waals surface area contributed by atoms with Gasteiger partial charge < -0.3 is 19.7 Å². The standard InChI is InChI=1S/C19H28N2O3/c1-19(2,3)24-17-7-5-4-6-16(17)20-18(22)21(15-8-9-15)12-14-10-11-23-13-14/h4-7,14-15H,8-13H2,1-3H3,(H,20,22). The van der Waals surface area contributed by atoms with E-state index >= 15 is 0 Å². The van der Waals surface area contributed by atoms with Crippen molar-refractivity contribution in [1.29, 1.82) is 0 Å². The molecule has 1 aromatic carbocycles. The molecule has 1 saturated heterocycles. The molecule has 5 heteroatoms. The van der Waals surface area contributed by atoms with E-state index in [-0.39, 0.29) is 11.6 Å². The van der Waals surface area contributed by atoms with Crippen LogP contribution in [0.5, 0.6) is 5.75 Å². The Hall–Kier alpha value is -1.75. The monoisotopic (exact) mass is 332 g/mol. The maximum Gasteiger partial charge on any atom is 0.322 e. The van der Waals surface area contributed by atoms with Crippen molar-refractivity contribution in [3.63, 3.8) is 0 Å². The summed E-state index contributed by atoms with van der Waals surface area (Å²) in [4.78, 5) is 14.8. The molecule has 132 valence electrons. The molecule has 3 rings (SSSR count). The number of rotatable bonds is 5. The van der Waals surface area contributed by atoms with Crippen molar-refractivity contribution in [2.75, 3.05) is 25.1 Å². The number of para-hydroxylation sites is 2. The van der Waals surface area contributed by atoms with E-state index in [0.29, 0.717) is 17.7 Å². The van der Waals surface area contributed by atoms with E-state index in [9.17, 15) is 4.79 Å². The topological polar surface area (TPSA) is 50.8 Å². The first kappa shape index (κ1) is 17.1. The Labute approximate surface area is 144 Å². The van der Waals surface area contributed by atoms with Gasteiger partial charge in [0.25, 0.3) is 0 Å². The minimum Gasteiger partial charge on any atom is -0.486 e. The van der Waals surface area contributed by atoms with E-state index in [1.165, 1.54) is 0 Å². The second-order valence-corrected chi connectivity index (χ2v) is 7.75. The SMILES string of the molecule is CC(C)(C)Oc1ccccc1NC(=O)N(CC1CCOC1)C1CC1. The van der Waals surface area contributed by atoms with Gasteiger partial charge in [-0.05, 0) is 52.2 Å². The molecule has 2 fully saturated rings. The van der Waals surface area contributed by atoms with E-state index in [2.05, 4.69) is 5.32 Å². The summed E-state index contributed by atoms with van der Waals surface area (Å²) in [5, 5.41) is 3.05. The van der Waals surface area contributed by atoms with Crippen molar-refractivity contribution in [2.24, 2.45) is 5.92 Å². The molecule has 1 saturated carbocycles. The molecular formula is C19H28N2O3. The average Bonchev–Trinajstić information content (AvgIpc) is 3.21. The van der Waals surface area contributed by atoms with Gasteiger partial charge in [-0.1, -0.05) is 12.1 Å². The van der Waals surface area contributed by atoms with Gasteiger partial charge >= 0.3 is 6.03 Å². The Morgan fingerprint density at radius 2 is 2.04 bits per heavy atom. The van der Waals surface area contributed by atoms with Gasteiger partial charge in [-0.15, -0.1) is 0 Å². The van der Waals surface area contributed by atoms with Crippen LogP contribution in [0.1, 0.15) is 40.0 Å². The number of anilines is 1. The maximum absolute atomic E-state index is 12.8. The van der Waals surface area contributed by atoms with Gasteiger partial charge in [0.15, 0.2) is 0 Å². The number of hydrogen-bond acceptors (Lipinski definition) is 3. The van der Waals surface area contributed by atoms with Crippen LogP contribution in [0, 0.1) is 5.92 Å².